The van der Waals surface area contributed by atoms with Crippen molar-refractivity contribution in [2.24, 2.45) is 0 Å². The Morgan fingerprint density at radius 3 is 3.10 bits per heavy atom. The molecule has 0 saturated carbocycles. The minimum absolute atomic E-state index is 0.0824. The SMILES string of the molecule is CCNc1cn2ccnc2c(NC2CCOC(C)(C)C2)n1. The zero-order chi connectivity index (χ0) is 14.9. The third-order valence-corrected chi connectivity index (χ3v) is 3.77. The van der Waals surface area contributed by atoms with Gasteiger partial charge in [-0.1, -0.05) is 0 Å². The van der Waals surface area contributed by atoms with E-state index >= 15 is 0 Å². The van der Waals surface area contributed by atoms with Gasteiger partial charge in [-0.05, 0) is 33.6 Å². The molecule has 1 aliphatic rings. The van der Waals surface area contributed by atoms with Gasteiger partial charge in [0.2, 0.25) is 0 Å². The second-order valence-corrected chi connectivity index (χ2v) is 6.11. The summed E-state index contributed by atoms with van der Waals surface area (Å²) in [6, 6.07) is 0.360. The fourth-order valence-electron chi connectivity index (χ4n) is 2.84. The highest BCUT2D eigenvalue weighted by Gasteiger charge is 2.29. The number of nitrogens with zero attached hydrogens (tertiary/aromatic N) is 3. The first kappa shape index (κ1) is 14.1. The first-order valence-corrected chi connectivity index (χ1v) is 7.55. The zero-order valence-electron chi connectivity index (χ0n) is 12.9. The van der Waals surface area contributed by atoms with Gasteiger partial charge in [-0.3, -0.25) is 0 Å². The van der Waals surface area contributed by atoms with E-state index < -0.39 is 0 Å². The average Bonchev–Trinajstić information content (AvgIpc) is 2.86. The van der Waals surface area contributed by atoms with Gasteiger partial charge < -0.3 is 19.8 Å². The molecule has 1 atom stereocenters. The molecular formula is C15H23N5O. The van der Waals surface area contributed by atoms with E-state index in [-0.39, 0.29) is 5.60 Å². The molecule has 6 heteroatoms. The number of aromatic nitrogens is 3. The summed E-state index contributed by atoms with van der Waals surface area (Å²) in [5.41, 5.74) is 0.780. The van der Waals surface area contributed by atoms with Crippen LogP contribution >= 0.6 is 0 Å². The Morgan fingerprint density at radius 2 is 2.33 bits per heavy atom. The first-order chi connectivity index (χ1) is 10.1. The van der Waals surface area contributed by atoms with Gasteiger partial charge >= 0.3 is 0 Å². The molecule has 1 aliphatic heterocycles. The first-order valence-electron chi connectivity index (χ1n) is 7.55. The summed E-state index contributed by atoms with van der Waals surface area (Å²) >= 11 is 0. The number of nitrogens with one attached hydrogen (secondary N) is 2. The monoisotopic (exact) mass is 289 g/mol. The molecular weight excluding hydrogens is 266 g/mol. The lowest BCUT2D eigenvalue weighted by Gasteiger charge is -2.36. The standard InChI is InChI=1S/C15H23N5O/c1-4-16-12-10-20-7-6-17-14(20)13(19-12)18-11-5-8-21-15(2,3)9-11/h6-7,10-11,16H,4-5,8-9H2,1-3H3,(H,18,19). The summed E-state index contributed by atoms with van der Waals surface area (Å²) in [6.07, 6.45) is 7.66. The fraction of sp³-hybridized carbons (Fsp3) is 0.600. The summed E-state index contributed by atoms with van der Waals surface area (Å²) in [5, 5.41) is 6.81. The van der Waals surface area contributed by atoms with Crippen LogP contribution in [0, 0.1) is 0 Å². The molecule has 0 aromatic carbocycles. The number of anilines is 2. The maximum Gasteiger partial charge on any atom is 0.180 e. The number of fused-ring (bicyclic) bond motifs is 1. The second-order valence-electron chi connectivity index (χ2n) is 6.11. The normalized spacial score (nSPS) is 21.4. The number of rotatable bonds is 4. The van der Waals surface area contributed by atoms with Crippen LogP contribution < -0.4 is 10.6 Å². The maximum absolute atomic E-state index is 5.77. The molecule has 0 amide bonds. The lowest BCUT2D eigenvalue weighted by molar-refractivity contribution is -0.0553. The van der Waals surface area contributed by atoms with Crippen molar-refractivity contribution in [3.05, 3.63) is 18.6 Å². The Kier molecular flexibility index (Phi) is 3.71. The predicted molar refractivity (Wildman–Crippen MR) is 83.8 cm³/mol. The van der Waals surface area contributed by atoms with Crippen LogP contribution in [0.5, 0.6) is 0 Å². The van der Waals surface area contributed by atoms with Gasteiger partial charge in [-0.25, -0.2) is 9.97 Å². The summed E-state index contributed by atoms with van der Waals surface area (Å²) < 4.78 is 7.77. The van der Waals surface area contributed by atoms with Crippen molar-refractivity contribution in [3.8, 4) is 0 Å². The maximum atomic E-state index is 5.77. The van der Waals surface area contributed by atoms with Crippen LogP contribution in [0.1, 0.15) is 33.6 Å². The van der Waals surface area contributed by atoms with Gasteiger partial charge in [-0.15, -0.1) is 0 Å². The largest absolute Gasteiger partial charge is 0.375 e. The molecule has 3 heterocycles. The van der Waals surface area contributed by atoms with E-state index in [2.05, 4.69) is 41.4 Å². The molecule has 0 spiro atoms. The highest BCUT2D eigenvalue weighted by atomic mass is 16.5. The average molecular weight is 289 g/mol. The van der Waals surface area contributed by atoms with E-state index in [0.717, 1.165) is 43.3 Å². The molecule has 0 bridgehead atoms. The van der Waals surface area contributed by atoms with Crippen LogP contribution in [-0.4, -0.2) is 39.2 Å². The van der Waals surface area contributed by atoms with Crippen LogP contribution in [0.2, 0.25) is 0 Å². The van der Waals surface area contributed by atoms with Crippen LogP contribution in [-0.2, 0) is 4.74 Å². The van der Waals surface area contributed by atoms with E-state index in [1.165, 1.54) is 0 Å². The Labute approximate surface area is 124 Å². The summed E-state index contributed by atoms with van der Waals surface area (Å²) in [6.45, 7) is 7.95. The van der Waals surface area contributed by atoms with Crippen molar-refractivity contribution in [1.29, 1.82) is 0 Å². The van der Waals surface area contributed by atoms with Crippen LogP contribution in [0.3, 0.4) is 0 Å². The molecule has 1 unspecified atom stereocenters. The van der Waals surface area contributed by atoms with Crippen molar-refractivity contribution in [3.63, 3.8) is 0 Å². The van der Waals surface area contributed by atoms with Gasteiger partial charge in [0.15, 0.2) is 11.5 Å². The molecule has 114 valence electrons. The quantitative estimate of drug-likeness (QED) is 0.905. The molecule has 3 rings (SSSR count). The van der Waals surface area contributed by atoms with Gasteiger partial charge in [0, 0.05) is 31.6 Å². The lowest BCUT2D eigenvalue weighted by atomic mass is 9.94. The molecule has 1 fully saturated rings. The Hall–Kier alpha value is -1.82. The third-order valence-electron chi connectivity index (χ3n) is 3.77. The van der Waals surface area contributed by atoms with Crippen LogP contribution in [0.25, 0.3) is 5.65 Å². The molecule has 2 N–H and O–H groups in total. The molecule has 6 nitrogen and oxygen atoms in total. The van der Waals surface area contributed by atoms with Gasteiger partial charge in [0.05, 0.1) is 11.8 Å². The van der Waals surface area contributed by atoms with E-state index in [0.29, 0.717) is 6.04 Å². The molecule has 0 radical (unpaired) electrons. The topological polar surface area (TPSA) is 63.5 Å². The number of hydrogen-bond acceptors (Lipinski definition) is 5. The molecule has 2 aromatic rings. The van der Waals surface area contributed by atoms with Crippen molar-refractivity contribution in [2.45, 2.75) is 45.3 Å². The summed E-state index contributed by atoms with van der Waals surface area (Å²) in [5.74, 6) is 1.69. The van der Waals surface area contributed by atoms with Crippen LogP contribution in [0.4, 0.5) is 11.6 Å². The molecule has 0 aliphatic carbocycles. The Balaban J connectivity index is 1.86. The number of imidazole rings is 1. The van der Waals surface area contributed by atoms with E-state index in [9.17, 15) is 0 Å². The smallest absolute Gasteiger partial charge is 0.180 e. The minimum atomic E-state index is -0.0824. The van der Waals surface area contributed by atoms with Gasteiger partial charge in [0.25, 0.3) is 0 Å². The number of hydrogen-bond donors (Lipinski definition) is 2. The highest BCUT2D eigenvalue weighted by molar-refractivity contribution is 5.65. The van der Waals surface area contributed by atoms with Gasteiger partial charge in [-0.2, -0.15) is 0 Å². The summed E-state index contributed by atoms with van der Waals surface area (Å²) in [7, 11) is 0. The van der Waals surface area contributed by atoms with Crippen molar-refractivity contribution in [2.75, 3.05) is 23.8 Å². The van der Waals surface area contributed by atoms with E-state index in [4.69, 9.17) is 4.74 Å². The highest BCUT2D eigenvalue weighted by Crippen LogP contribution is 2.27. The third kappa shape index (κ3) is 3.10. The van der Waals surface area contributed by atoms with Crippen molar-refractivity contribution >= 4 is 17.3 Å². The van der Waals surface area contributed by atoms with Crippen LogP contribution in [0.15, 0.2) is 18.6 Å². The van der Waals surface area contributed by atoms with Crippen molar-refractivity contribution < 1.29 is 4.74 Å². The van der Waals surface area contributed by atoms with E-state index in [1.807, 2.05) is 16.8 Å². The Bertz CT molecular complexity index is 622. The minimum Gasteiger partial charge on any atom is -0.375 e. The lowest BCUT2D eigenvalue weighted by Crippen LogP contribution is -2.40. The van der Waals surface area contributed by atoms with Crippen molar-refractivity contribution in [1.82, 2.24) is 14.4 Å². The fourth-order valence-corrected chi connectivity index (χ4v) is 2.84. The molecule has 21 heavy (non-hydrogen) atoms. The molecule has 2 aromatic heterocycles. The second kappa shape index (κ2) is 5.52. The number of ether oxygens (including phenoxy) is 1. The van der Waals surface area contributed by atoms with Gasteiger partial charge in [0.1, 0.15) is 5.82 Å². The summed E-state index contributed by atoms with van der Waals surface area (Å²) in [4.78, 5) is 9.06. The van der Waals surface area contributed by atoms with E-state index in [1.54, 1.807) is 6.20 Å². The predicted octanol–water partition coefficient (Wildman–Crippen LogP) is 2.53. The zero-order valence-corrected chi connectivity index (χ0v) is 12.9. The molecule has 1 saturated heterocycles. The Morgan fingerprint density at radius 1 is 1.48 bits per heavy atom.